The highest BCUT2D eigenvalue weighted by Crippen LogP contribution is 2.27. The summed E-state index contributed by atoms with van der Waals surface area (Å²) >= 11 is 0. The largest absolute Gasteiger partial charge is 0.480 e. The lowest BCUT2D eigenvalue weighted by molar-refractivity contribution is -0.138. The van der Waals surface area contributed by atoms with Crippen molar-refractivity contribution in [2.24, 2.45) is 4.99 Å². The first-order chi connectivity index (χ1) is 18.7. The lowest BCUT2D eigenvalue weighted by Crippen LogP contribution is -2.52. The third-order valence-corrected chi connectivity index (χ3v) is 7.91. The Kier molecular flexibility index (Phi) is 8.97. The summed E-state index contributed by atoms with van der Waals surface area (Å²) in [5.74, 6) is -4.52. The molecule has 0 saturated carbocycles. The molecule has 14 heteroatoms. The first-order valence-corrected chi connectivity index (χ1v) is 14.0. The van der Waals surface area contributed by atoms with E-state index in [4.69, 9.17) is 0 Å². The van der Waals surface area contributed by atoms with Crippen LogP contribution in [0.2, 0.25) is 0 Å². The van der Waals surface area contributed by atoms with Crippen molar-refractivity contribution >= 4 is 33.5 Å². The number of nitrogens with zero attached hydrogens (tertiary/aromatic N) is 2. The van der Waals surface area contributed by atoms with Crippen molar-refractivity contribution in [3.63, 3.8) is 0 Å². The minimum absolute atomic E-state index is 0.00752. The molecule has 4 rings (SSSR count). The highest BCUT2D eigenvalue weighted by Gasteiger charge is 2.29. The molecule has 2 heterocycles. The Morgan fingerprint density at radius 1 is 1.13 bits per heavy atom. The van der Waals surface area contributed by atoms with E-state index in [2.05, 4.69) is 20.9 Å². The number of carboxylic acid groups (broad SMARTS) is 1. The molecule has 210 valence electrons. The molecule has 2 aromatic rings. The highest BCUT2D eigenvalue weighted by atomic mass is 32.2. The molecule has 39 heavy (non-hydrogen) atoms. The van der Waals surface area contributed by atoms with Crippen molar-refractivity contribution in [1.82, 2.24) is 20.7 Å². The first kappa shape index (κ1) is 28.2. The minimum Gasteiger partial charge on any atom is -0.480 e. The molecule has 2 atom stereocenters. The van der Waals surface area contributed by atoms with Crippen LogP contribution in [0, 0.1) is 11.6 Å². The smallest absolute Gasteiger partial charge is 0.323 e. The second-order valence-electron chi connectivity index (χ2n) is 9.24. The van der Waals surface area contributed by atoms with Gasteiger partial charge in [-0.2, -0.15) is 4.72 Å². The van der Waals surface area contributed by atoms with E-state index >= 15 is 4.39 Å². The van der Waals surface area contributed by atoms with Crippen LogP contribution < -0.4 is 25.6 Å². The van der Waals surface area contributed by atoms with E-state index in [-0.39, 0.29) is 16.6 Å². The van der Waals surface area contributed by atoms with Crippen LogP contribution in [-0.4, -0.2) is 76.2 Å². The molecule has 1 saturated heterocycles. The lowest BCUT2D eigenvalue weighted by Gasteiger charge is -2.36. The molecule has 5 N–H and O–H groups in total. The number of hydrogen-bond acceptors (Lipinski definition) is 8. The number of hydrogen-bond donors (Lipinski definition) is 5. The minimum atomic E-state index is -4.20. The monoisotopic (exact) mass is 564 g/mol. The predicted octanol–water partition coefficient (Wildman–Crippen LogP) is 1.03. The van der Waals surface area contributed by atoms with E-state index in [1.807, 2.05) is 4.72 Å². The fourth-order valence-electron chi connectivity index (χ4n) is 4.42. The standard InChI is InChI=1S/C25H30F2N6O5S/c26-21-18(23(34)30-14-19(24(35)36)32-39(37,38)17-7-2-1-3-8-17)9-10-20(22(21)27)33-13-4-6-16(15-33)31-25-28-11-5-12-29-25/h1-3,7-10,16,19,32H,4-6,11-15H2,(H,30,34)(H,35,36)(H2,28,29,31)/t16-,19-/m0/s1. The van der Waals surface area contributed by atoms with Gasteiger partial charge in [-0.15, -0.1) is 0 Å². The zero-order chi connectivity index (χ0) is 28.0. The lowest BCUT2D eigenvalue weighted by atomic mass is 10.0. The van der Waals surface area contributed by atoms with Gasteiger partial charge in [0.05, 0.1) is 16.1 Å². The molecule has 0 unspecified atom stereocenters. The maximum absolute atomic E-state index is 15.1. The summed E-state index contributed by atoms with van der Waals surface area (Å²) in [6, 6.07) is 7.75. The van der Waals surface area contributed by atoms with Crippen LogP contribution in [-0.2, 0) is 14.8 Å². The van der Waals surface area contributed by atoms with E-state index in [0.717, 1.165) is 38.4 Å². The van der Waals surface area contributed by atoms with Gasteiger partial charge < -0.3 is 26.0 Å². The van der Waals surface area contributed by atoms with Crippen LogP contribution in [0.25, 0.3) is 0 Å². The van der Waals surface area contributed by atoms with Gasteiger partial charge in [-0.1, -0.05) is 18.2 Å². The molecule has 0 aromatic heterocycles. The Bertz CT molecular complexity index is 1340. The van der Waals surface area contributed by atoms with Gasteiger partial charge in [0.25, 0.3) is 5.91 Å². The van der Waals surface area contributed by atoms with Crippen LogP contribution >= 0.6 is 0 Å². The molecule has 2 aliphatic rings. The van der Waals surface area contributed by atoms with Gasteiger partial charge in [-0.3, -0.25) is 14.6 Å². The number of aliphatic carboxylic acids is 1. The second-order valence-corrected chi connectivity index (χ2v) is 10.9. The average Bonchev–Trinajstić information content (AvgIpc) is 2.93. The van der Waals surface area contributed by atoms with Crippen molar-refractivity contribution < 1.29 is 31.9 Å². The SMILES string of the molecule is O=C(NC[C@H](NS(=O)(=O)c1ccccc1)C(=O)O)c1ccc(N2CCC[C@H](NC3=NCCCN3)C2)c(F)c1F. The number of halogens is 2. The number of sulfonamides is 1. The molecule has 1 amide bonds. The van der Waals surface area contributed by atoms with Gasteiger partial charge in [0.15, 0.2) is 17.6 Å². The highest BCUT2D eigenvalue weighted by molar-refractivity contribution is 7.89. The van der Waals surface area contributed by atoms with Gasteiger partial charge >= 0.3 is 5.97 Å². The van der Waals surface area contributed by atoms with Gasteiger partial charge in [0.1, 0.15) is 6.04 Å². The van der Waals surface area contributed by atoms with Gasteiger partial charge in [0.2, 0.25) is 10.0 Å². The number of carboxylic acids is 1. The van der Waals surface area contributed by atoms with Crippen LogP contribution in [0.5, 0.6) is 0 Å². The Morgan fingerprint density at radius 3 is 2.59 bits per heavy atom. The van der Waals surface area contributed by atoms with Crippen LogP contribution in [0.4, 0.5) is 14.5 Å². The number of benzene rings is 2. The fraction of sp³-hybridized carbons (Fsp3) is 0.400. The zero-order valence-electron chi connectivity index (χ0n) is 21.0. The maximum Gasteiger partial charge on any atom is 0.323 e. The Morgan fingerprint density at radius 2 is 1.90 bits per heavy atom. The number of piperidine rings is 1. The predicted molar refractivity (Wildman–Crippen MR) is 140 cm³/mol. The fourth-order valence-corrected chi connectivity index (χ4v) is 5.63. The van der Waals surface area contributed by atoms with E-state index < -0.39 is 51.7 Å². The summed E-state index contributed by atoms with van der Waals surface area (Å²) in [4.78, 5) is 30.1. The summed E-state index contributed by atoms with van der Waals surface area (Å²) in [6.45, 7) is 1.76. The van der Waals surface area contributed by atoms with Crippen molar-refractivity contribution in [1.29, 1.82) is 0 Å². The van der Waals surface area contributed by atoms with Crippen LogP contribution in [0.3, 0.4) is 0 Å². The van der Waals surface area contributed by atoms with Gasteiger partial charge in [-0.05, 0) is 43.5 Å². The van der Waals surface area contributed by atoms with E-state index in [1.54, 1.807) is 11.0 Å². The van der Waals surface area contributed by atoms with Crippen LogP contribution in [0.1, 0.15) is 29.6 Å². The average molecular weight is 565 g/mol. The topological polar surface area (TPSA) is 152 Å². The number of rotatable bonds is 9. The number of aliphatic imine (C=N–C) groups is 1. The number of amides is 1. The van der Waals surface area contributed by atoms with Gasteiger partial charge in [0, 0.05) is 38.8 Å². The van der Waals surface area contributed by atoms with E-state index in [0.29, 0.717) is 19.0 Å². The molecule has 0 aliphatic carbocycles. The van der Waals surface area contributed by atoms with Crippen LogP contribution in [0.15, 0.2) is 52.4 Å². The van der Waals surface area contributed by atoms with E-state index in [1.165, 1.54) is 30.3 Å². The second kappa shape index (κ2) is 12.4. The molecule has 2 aromatic carbocycles. The van der Waals surface area contributed by atoms with Crippen molar-refractivity contribution in [3.8, 4) is 0 Å². The summed E-state index contributed by atoms with van der Waals surface area (Å²) in [5, 5.41) is 18.1. The Balaban J connectivity index is 1.41. The third-order valence-electron chi connectivity index (χ3n) is 6.42. The molecule has 0 radical (unpaired) electrons. The van der Waals surface area contributed by atoms with Gasteiger partial charge in [-0.25, -0.2) is 17.2 Å². The first-order valence-electron chi connectivity index (χ1n) is 12.5. The number of carbonyl (C=O) groups excluding carboxylic acids is 1. The zero-order valence-corrected chi connectivity index (χ0v) is 21.8. The molecule has 1 fully saturated rings. The number of carbonyl (C=O) groups is 2. The van der Waals surface area contributed by atoms with Crippen molar-refractivity contribution in [2.45, 2.75) is 36.2 Å². The quantitative estimate of drug-likeness (QED) is 0.303. The molecule has 2 aliphatic heterocycles. The number of guanidine groups is 1. The number of nitrogens with one attached hydrogen (secondary N) is 4. The molecular weight excluding hydrogens is 534 g/mol. The van der Waals surface area contributed by atoms with Crippen molar-refractivity contribution in [2.75, 3.05) is 37.6 Å². The summed E-state index contributed by atoms with van der Waals surface area (Å²) in [6.07, 6.45) is 2.52. The summed E-state index contributed by atoms with van der Waals surface area (Å²) in [5.41, 5.74) is -0.619. The normalized spacial score (nSPS) is 18.5. The molecular formula is C25H30F2N6O5S. The summed E-state index contributed by atoms with van der Waals surface area (Å²) in [7, 11) is -4.20. The maximum atomic E-state index is 15.1. The molecule has 0 spiro atoms. The Labute approximate surface area is 224 Å². The summed E-state index contributed by atoms with van der Waals surface area (Å²) < 4.78 is 57.0. The Hall–Kier alpha value is -3.78. The molecule has 0 bridgehead atoms. The molecule has 11 nitrogen and oxygen atoms in total. The van der Waals surface area contributed by atoms with E-state index in [9.17, 15) is 27.5 Å². The third kappa shape index (κ3) is 7.00. The number of anilines is 1. The van der Waals surface area contributed by atoms with Crippen molar-refractivity contribution in [3.05, 3.63) is 59.7 Å².